The summed E-state index contributed by atoms with van der Waals surface area (Å²) in [6.07, 6.45) is 1.99. The summed E-state index contributed by atoms with van der Waals surface area (Å²) in [5.41, 5.74) is 7.02. The second-order valence-electron chi connectivity index (χ2n) is 7.17. The molecule has 2 fully saturated rings. The third-order valence-corrected chi connectivity index (χ3v) is 5.84. The third-order valence-electron chi connectivity index (χ3n) is 4.92. The van der Waals surface area contributed by atoms with Crippen molar-refractivity contribution in [2.75, 3.05) is 37.7 Å². The van der Waals surface area contributed by atoms with Crippen LogP contribution in [-0.2, 0) is 14.0 Å². The van der Waals surface area contributed by atoms with Crippen molar-refractivity contribution < 1.29 is 14.0 Å². The van der Waals surface area contributed by atoms with Gasteiger partial charge in [-0.3, -0.25) is 0 Å². The van der Waals surface area contributed by atoms with Crippen LogP contribution in [0.2, 0.25) is 0 Å². The second kappa shape index (κ2) is 6.76. The van der Waals surface area contributed by atoms with Gasteiger partial charge in [0.1, 0.15) is 0 Å². The van der Waals surface area contributed by atoms with Crippen LogP contribution in [-0.4, -0.2) is 56.2 Å². The number of hydrogen-bond donors (Lipinski definition) is 1. The molecule has 0 saturated carbocycles. The topological polar surface area (TPSA) is 69.8 Å². The van der Waals surface area contributed by atoms with Crippen molar-refractivity contribution in [3.05, 3.63) is 16.5 Å². The zero-order valence-corrected chi connectivity index (χ0v) is 15.7. The van der Waals surface area contributed by atoms with E-state index in [1.54, 1.807) is 11.3 Å². The SMILES string of the molecule is CC1(C)OB(C(=Cc2csc(N3CCOCC3)n2)CN)OC1(C)C. The molecule has 132 valence electrons. The van der Waals surface area contributed by atoms with Gasteiger partial charge < -0.3 is 24.7 Å². The highest BCUT2D eigenvalue weighted by Crippen LogP contribution is 2.38. The van der Waals surface area contributed by atoms with E-state index in [1.165, 1.54) is 0 Å². The molecule has 0 atom stereocenters. The van der Waals surface area contributed by atoms with Crippen LogP contribution >= 0.6 is 11.3 Å². The molecule has 0 aliphatic carbocycles. The average molecular weight is 351 g/mol. The van der Waals surface area contributed by atoms with E-state index in [0.29, 0.717) is 6.54 Å². The Hall–Kier alpha value is -0.925. The van der Waals surface area contributed by atoms with Gasteiger partial charge >= 0.3 is 7.12 Å². The summed E-state index contributed by atoms with van der Waals surface area (Å²) in [6, 6.07) is 0. The highest BCUT2D eigenvalue weighted by atomic mass is 32.1. The largest absolute Gasteiger partial charge is 0.491 e. The summed E-state index contributed by atoms with van der Waals surface area (Å²) in [6.45, 7) is 11.8. The zero-order chi connectivity index (χ0) is 17.4. The van der Waals surface area contributed by atoms with Crippen LogP contribution in [0, 0.1) is 0 Å². The lowest BCUT2D eigenvalue weighted by molar-refractivity contribution is 0.00578. The fraction of sp³-hybridized carbons (Fsp3) is 0.688. The van der Waals surface area contributed by atoms with E-state index in [0.717, 1.165) is 42.6 Å². The minimum Gasteiger partial charge on any atom is -0.400 e. The Morgan fingerprint density at radius 3 is 2.50 bits per heavy atom. The molecule has 0 unspecified atom stereocenters. The summed E-state index contributed by atoms with van der Waals surface area (Å²) in [5, 5.41) is 3.07. The highest BCUT2D eigenvalue weighted by molar-refractivity contribution is 7.13. The van der Waals surface area contributed by atoms with Gasteiger partial charge in [0.2, 0.25) is 0 Å². The fourth-order valence-corrected chi connectivity index (χ4v) is 3.49. The molecule has 0 bridgehead atoms. The molecule has 8 heteroatoms. The van der Waals surface area contributed by atoms with Crippen LogP contribution in [0.5, 0.6) is 0 Å². The Labute approximate surface area is 148 Å². The molecule has 2 saturated heterocycles. The minimum absolute atomic E-state index is 0.368. The summed E-state index contributed by atoms with van der Waals surface area (Å²) < 4.78 is 17.6. The lowest BCUT2D eigenvalue weighted by Crippen LogP contribution is -2.41. The molecule has 3 heterocycles. The van der Waals surface area contributed by atoms with Crippen molar-refractivity contribution in [2.45, 2.75) is 38.9 Å². The Morgan fingerprint density at radius 2 is 1.92 bits per heavy atom. The number of nitrogens with two attached hydrogens (primary N) is 1. The first-order valence-electron chi connectivity index (χ1n) is 8.37. The Balaban J connectivity index is 1.75. The van der Waals surface area contributed by atoms with Gasteiger partial charge in [0.05, 0.1) is 30.1 Å². The van der Waals surface area contributed by atoms with Crippen LogP contribution in [0.1, 0.15) is 33.4 Å². The van der Waals surface area contributed by atoms with E-state index in [-0.39, 0.29) is 11.2 Å². The molecule has 0 amide bonds. The van der Waals surface area contributed by atoms with Gasteiger partial charge in [-0.15, -0.1) is 11.3 Å². The molecular formula is C16H26BN3O3S. The van der Waals surface area contributed by atoms with Crippen molar-refractivity contribution in [1.29, 1.82) is 0 Å². The van der Waals surface area contributed by atoms with E-state index in [2.05, 4.69) is 4.90 Å². The summed E-state index contributed by atoms with van der Waals surface area (Å²) in [7, 11) is -0.423. The molecule has 0 radical (unpaired) electrons. The van der Waals surface area contributed by atoms with E-state index in [9.17, 15) is 0 Å². The van der Waals surface area contributed by atoms with Crippen molar-refractivity contribution in [3.8, 4) is 0 Å². The molecular weight excluding hydrogens is 325 g/mol. The van der Waals surface area contributed by atoms with E-state index < -0.39 is 7.12 Å². The lowest BCUT2D eigenvalue weighted by Gasteiger charge is -2.32. The predicted molar refractivity (Wildman–Crippen MR) is 98.3 cm³/mol. The van der Waals surface area contributed by atoms with Gasteiger partial charge in [-0.1, -0.05) is 0 Å². The smallest absolute Gasteiger partial charge is 0.400 e. The van der Waals surface area contributed by atoms with Gasteiger partial charge in [-0.25, -0.2) is 4.98 Å². The number of aromatic nitrogens is 1. The van der Waals surface area contributed by atoms with Crippen LogP contribution in [0.4, 0.5) is 5.13 Å². The van der Waals surface area contributed by atoms with Crippen molar-refractivity contribution in [1.82, 2.24) is 4.98 Å². The monoisotopic (exact) mass is 351 g/mol. The Kier molecular flexibility index (Phi) is 5.04. The number of rotatable bonds is 4. The maximum Gasteiger partial charge on any atom is 0.491 e. The first-order chi connectivity index (χ1) is 11.3. The third kappa shape index (κ3) is 3.53. The molecule has 24 heavy (non-hydrogen) atoms. The number of hydrogen-bond acceptors (Lipinski definition) is 7. The summed E-state index contributed by atoms with van der Waals surface area (Å²) in [4.78, 5) is 6.96. The normalized spacial score (nSPS) is 23.8. The standard InChI is InChI=1S/C16H26BN3O3S/c1-15(2)16(3,4)23-17(22-15)12(10-18)9-13-11-24-14(19-13)20-5-7-21-8-6-20/h9,11H,5-8,10,18H2,1-4H3. The molecule has 0 aromatic carbocycles. The maximum absolute atomic E-state index is 6.09. The molecule has 6 nitrogen and oxygen atoms in total. The highest BCUT2D eigenvalue weighted by Gasteiger charge is 2.52. The molecule has 2 aliphatic heterocycles. The summed E-state index contributed by atoms with van der Waals surface area (Å²) >= 11 is 1.64. The van der Waals surface area contributed by atoms with Gasteiger partial charge in [0, 0.05) is 25.0 Å². The molecule has 3 rings (SSSR count). The van der Waals surface area contributed by atoms with Crippen molar-refractivity contribution in [2.24, 2.45) is 5.73 Å². The van der Waals surface area contributed by atoms with Crippen LogP contribution in [0.25, 0.3) is 6.08 Å². The van der Waals surface area contributed by atoms with E-state index in [4.69, 9.17) is 24.8 Å². The molecule has 2 N–H and O–H groups in total. The predicted octanol–water partition coefficient (Wildman–Crippen LogP) is 1.95. The molecule has 1 aromatic rings. The number of ether oxygens (including phenoxy) is 1. The average Bonchev–Trinajstić information content (AvgIpc) is 3.08. The summed E-state index contributed by atoms with van der Waals surface area (Å²) in [5.74, 6) is 0. The molecule has 2 aliphatic rings. The first kappa shape index (κ1) is 17.9. The minimum atomic E-state index is -0.423. The Morgan fingerprint density at radius 1 is 1.29 bits per heavy atom. The number of nitrogens with zero attached hydrogens (tertiary/aromatic N) is 2. The van der Waals surface area contributed by atoms with Gasteiger partial charge in [0.25, 0.3) is 0 Å². The van der Waals surface area contributed by atoms with E-state index >= 15 is 0 Å². The van der Waals surface area contributed by atoms with E-state index in [1.807, 2.05) is 39.2 Å². The quantitative estimate of drug-likeness (QED) is 0.837. The number of morpholine rings is 1. The zero-order valence-electron chi connectivity index (χ0n) is 14.9. The number of thiazole rings is 1. The molecule has 1 aromatic heterocycles. The number of anilines is 1. The van der Waals surface area contributed by atoms with Gasteiger partial charge in [0.15, 0.2) is 5.13 Å². The van der Waals surface area contributed by atoms with Crippen LogP contribution in [0.3, 0.4) is 0 Å². The first-order valence-corrected chi connectivity index (χ1v) is 9.25. The molecule has 0 spiro atoms. The van der Waals surface area contributed by atoms with Crippen molar-refractivity contribution in [3.63, 3.8) is 0 Å². The fourth-order valence-electron chi connectivity index (χ4n) is 2.65. The van der Waals surface area contributed by atoms with Crippen molar-refractivity contribution >= 4 is 29.7 Å². The van der Waals surface area contributed by atoms with Crippen LogP contribution in [0.15, 0.2) is 10.9 Å². The van der Waals surface area contributed by atoms with Crippen LogP contribution < -0.4 is 10.6 Å². The van der Waals surface area contributed by atoms with Gasteiger partial charge in [-0.05, 0) is 39.2 Å². The lowest BCUT2D eigenvalue weighted by atomic mass is 9.77. The second-order valence-corrected chi connectivity index (χ2v) is 8.00. The Bertz CT molecular complexity index is 595. The van der Waals surface area contributed by atoms with Gasteiger partial charge in [-0.2, -0.15) is 0 Å². The maximum atomic E-state index is 6.09.